The third-order valence-corrected chi connectivity index (χ3v) is 4.51. The molecule has 1 heterocycles. The number of hydrogen-bond donors (Lipinski definition) is 3. The van der Waals surface area contributed by atoms with Crippen LogP contribution in [0.15, 0.2) is 18.2 Å². The number of carbonyl (C=O) groups excluding carboxylic acids is 1. The lowest BCUT2D eigenvalue weighted by Crippen LogP contribution is -2.47. The fraction of sp³-hybridized carbons (Fsp3) is 0.500. The monoisotopic (exact) mass is 288 g/mol. The Balaban J connectivity index is 1.77. The molecule has 1 aromatic rings. The van der Waals surface area contributed by atoms with Crippen LogP contribution in [-0.2, 0) is 11.2 Å². The van der Waals surface area contributed by atoms with Gasteiger partial charge in [0.05, 0.1) is 12.0 Å². The Bertz CT molecular complexity index is 577. The normalized spacial score (nSPS) is 18.9. The van der Waals surface area contributed by atoms with Gasteiger partial charge in [0.1, 0.15) is 0 Å². The molecule has 0 spiro atoms. The van der Waals surface area contributed by atoms with Crippen molar-refractivity contribution in [2.45, 2.75) is 44.1 Å². The van der Waals surface area contributed by atoms with Crippen LogP contribution in [0.1, 0.15) is 48.0 Å². The molecule has 0 radical (unpaired) electrons. The highest BCUT2D eigenvalue weighted by atomic mass is 16.4. The molecule has 112 valence electrons. The average Bonchev–Trinajstić information content (AvgIpc) is 3.06. The Morgan fingerprint density at radius 1 is 1.29 bits per heavy atom. The van der Waals surface area contributed by atoms with Gasteiger partial charge < -0.3 is 15.7 Å². The van der Waals surface area contributed by atoms with Crippen LogP contribution >= 0.6 is 0 Å². The molecule has 1 aromatic carbocycles. The molecule has 0 saturated heterocycles. The number of amides is 1. The van der Waals surface area contributed by atoms with Crippen molar-refractivity contribution in [3.63, 3.8) is 0 Å². The van der Waals surface area contributed by atoms with E-state index in [0.29, 0.717) is 5.56 Å². The molecular formula is C16H20N2O3. The predicted octanol–water partition coefficient (Wildman–Crippen LogP) is 2.17. The van der Waals surface area contributed by atoms with Crippen LogP contribution in [0.4, 0.5) is 5.69 Å². The van der Waals surface area contributed by atoms with E-state index in [1.807, 2.05) is 12.1 Å². The van der Waals surface area contributed by atoms with Gasteiger partial charge in [-0.25, -0.2) is 0 Å². The Morgan fingerprint density at radius 3 is 2.76 bits per heavy atom. The Kier molecular flexibility index (Phi) is 3.57. The first-order chi connectivity index (χ1) is 10.1. The molecule has 5 nitrogen and oxygen atoms in total. The van der Waals surface area contributed by atoms with Crippen molar-refractivity contribution in [2.75, 3.05) is 11.9 Å². The number of carbonyl (C=O) groups is 2. The first kappa shape index (κ1) is 13.9. The van der Waals surface area contributed by atoms with E-state index < -0.39 is 11.5 Å². The second-order valence-corrected chi connectivity index (χ2v) is 6.06. The summed E-state index contributed by atoms with van der Waals surface area (Å²) in [7, 11) is 0. The van der Waals surface area contributed by atoms with Gasteiger partial charge in [-0.3, -0.25) is 9.59 Å². The number of benzene rings is 1. The molecule has 3 N–H and O–H groups in total. The molecule has 21 heavy (non-hydrogen) atoms. The lowest BCUT2D eigenvalue weighted by molar-refractivity contribution is -0.138. The first-order valence-electron chi connectivity index (χ1n) is 7.49. The molecule has 0 aromatic heterocycles. The molecule has 5 heteroatoms. The topological polar surface area (TPSA) is 78.4 Å². The summed E-state index contributed by atoms with van der Waals surface area (Å²) < 4.78 is 0. The molecule has 1 saturated carbocycles. The second kappa shape index (κ2) is 5.39. The molecular weight excluding hydrogens is 268 g/mol. The van der Waals surface area contributed by atoms with Crippen molar-refractivity contribution in [3.05, 3.63) is 29.3 Å². The Morgan fingerprint density at radius 2 is 2.05 bits per heavy atom. The van der Waals surface area contributed by atoms with Crippen molar-refractivity contribution >= 4 is 17.6 Å². The van der Waals surface area contributed by atoms with Crippen LogP contribution in [0, 0.1) is 0 Å². The lowest BCUT2D eigenvalue weighted by atomic mass is 9.92. The van der Waals surface area contributed by atoms with Crippen LogP contribution in [0.3, 0.4) is 0 Å². The number of rotatable bonds is 4. The van der Waals surface area contributed by atoms with Crippen molar-refractivity contribution in [1.29, 1.82) is 0 Å². The van der Waals surface area contributed by atoms with E-state index in [-0.39, 0.29) is 12.3 Å². The van der Waals surface area contributed by atoms with Crippen molar-refractivity contribution < 1.29 is 14.7 Å². The summed E-state index contributed by atoms with van der Waals surface area (Å²) in [5.41, 5.74) is 2.29. The number of fused-ring (bicyclic) bond motifs is 1. The summed E-state index contributed by atoms with van der Waals surface area (Å²) in [6.07, 6.45) is 4.38. The zero-order valence-corrected chi connectivity index (χ0v) is 11.9. The fourth-order valence-electron chi connectivity index (χ4n) is 3.45. The smallest absolute Gasteiger partial charge is 0.305 e. The van der Waals surface area contributed by atoms with Gasteiger partial charge in [-0.05, 0) is 43.0 Å². The van der Waals surface area contributed by atoms with Gasteiger partial charge in [0.2, 0.25) is 0 Å². The van der Waals surface area contributed by atoms with Gasteiger partial charge >= 0.3 is 5.97 Å². The third kappa shape index (κ3) is 2.86. The fourth-order valence-corrected chi connectivity index (χ4v) is 3.45. The number of aliphatic carboxylic acids is 1. The molecule has 0 bridgehead atoms. The van der Waals surface area contributed by atoms with Crippen LogP contribution in [0.2, 0.25) is 0 Å². The van der Waals surface area contributed by atoms with E-state index in [0.717, 1.165) is 49.9 Å². The standard InChI is InChI=1S/C16H20N2O3/c19-14(20)10-16(6-1-2-7-16)18-15(21)12-3-4-13-11(9-12)5-8-17-13/h3-4,9,17H,1-2,5-8,10H2,(H,18,21)(H,19,20). The first-order valence-corrected chi connectivity index (χ1v) is 7.49. The van der Waals surface area contributed by atoms with Crippen molar-refractivity contribution in [1.82, 2.24) is 5.32 Å². The highest BCUT2D eigenvalue weighted by molar-refractivity contribution is 5.95. The minimum absolute atomic E-state index is 0.00519. The molecule has 1 amide bonds. The van der Waals surface area contributed by atoms with Crippen molar-refractivity contribution in [3.8, 4) is 0 Å². The summed E-state index contributed by atoms with van der Waals surface area (Å²) in [5.74, 6) is -1.01. The highest BCUT2D eigenvalue weighted by Gasteiger charge is 2.37. The Labute approximate surface area is 123 Å². The van der Waals surface area contributed by atoms with Gasteiger partial charge in [0, 0.05) is 17.8 Å². The van der Waals surface area contributed by atoms with Crippen LogP contribution in [-0.4, -0.2) is 29.1 Å². The summed E-state index contributed by atoms with van der Waals surface area (Å²) in [6, 6.07) is 5.64. The van der Waals surface area contributed by atoms with Gasteiger partial charge in [-0.2, -0.15) is 0 Å². The minimum atomic E-state index is -0.852. The van der Waals surface area contributed by atoms with Gasteiger partial charge in [-0.1, -0.05) is 12.8 Å². The molecule has 0 atom stereocenters. The summed E-state index contributed by atoms with van der Waals surface area (Å²) >= 11 is 0. The molecule has 1 fully saturated rings. The van der Waals surface area contributed by atoms with Crippen molar-refractivity contribution in [2.24, 2.45) is 0 Å². The van der Waals surface area contributed by atoms with Crippen LogP contribution < -0.4 is 10.6 Å². The highest BCUT2D eigenvalue weighted by Crippen LogP contribution is 2.33. The zero-order valence-electron chi connectivity index (χ0n) is 11.9. The molecule has 1 aliphatic carbocycles. The number of carboxylic acids is 1. The summed E-state index contributed by atoms with van der Waals surface area (Å²) in [5, 5.41) is 15.3. The number of nitrogens with one attached hydrogen (secondary N) is 2. The lowest BCUT2D eigenvalue weighted by Gasteiger charge is -2.28. The number of anilines is 1. The van der Waals surface area contributed by atoms with E-state index in [4.69, 9.17) is 5.11 Å². The molecule has 1 aliphatic heterocycles. The van der Waals surface area contributed by atoms with Gasteiger partial charge in [-0.15, -0.1) is 0 Å². The van der Waals surface area contributed by atoms with E-state index >= 15 is 0 Å². The largest absolute Gasteiger partial charge is 0.481 e. The number of carboxylic acid groups (broad SMARTS) is 1. The molecule has 2 aliphatic rings. The van der Waals surface area contributed by atoms with Crippen LogP contribution in [0.5, 0.6) is 0 Å². The zero-order chi connectivity index (χ0) is 14.9. The minimum Gasteiger partial charge on any atom is -0.481 e. The Hall–Kier alpha value is -2.04. The van der Waals surface area contributed by atoms with E-state index in [2.05, 4.69) is 10.6 Å². The molecule has 0 unspecified atom stereocenters. The average molecular weight is 288 g/mol. The van der Waals surface area contributed by atoms with E-state index in [9.17, 15) is 9.59 Å². The maximum Gasteiger partial charge on any atom is 0.305 e. The summed E-state index contributed by atoms with van der Waals surface area (Å²) in [6.45, 7) is 0.906. The summed E-state index contributed by atoms with van der Waals surface area (Å²) in [4.78, 5) is 23.5. The van der Waals surface area contributed by atoms with Gasteiger partial charge in [0.25, 0.3) is 5.91 Å². The quantitative estimate of drug-likeness (QED) is 0.793. The predicted molar refractivity (Wildman–Crippen MR) is 79.6 cm³/mol. The number of hydrogen-bond acceptors (Lipinski definition) is 3. The molecule has 3 rings (SSSR count). The van der Waals surface area contributed by atoms with Gasteiger partial charge in [0.15, 0.2) is 0 Å². The van der Waals surface area contributed by atoms with Crippen LogP contribution in [0.25, 0.3) is 0 Å². The SMILES string of the molecule is O=C(O)CC1(NC(=O)c2ccc3c(c2)CCN3)CCCC1. The van der Waals surface area contributed by atoms with E-state index in [1.165, 1.54) is 0 Å². The van der Waals surface area contributed by atoms with E-state index in [1.54, 1.807) is 6.07 Å². The maximum absolute atomic E-state index is 12.5. The third-order valence-electron chi connectivity index (χ3n) is 4.51. The second-order valence-electron chi connectivity index (χ2n) is 6.06. The maximum atomic E-state index is 12.5.